The maximum absolute atomic E-state index is 3.79. The summed E-state index contributed by atoms with van der Waals surface area (Å²) in [7, 11) is 0. The zero-order valence-electron chi connectivity index (χ0n) is 11.2. The van der Waals surface area contributed by atoms with Crippen molar-refractivity contribution < 1.29 is 0 Å². The predicted molar refractivity (Wildman–Crippen MR) is 69.6 cm³/mol. The summed E-state index contributed by atoms with van der Waals surface area (Å²) in [6.07, 6.45) is 5.78. The molecule has 1 unspecified atom stereocenters. The van der Waals surface area contributed by atoms with Gasteiger partial charge in [0.05, 0.1) is 0 Å². The number of hydrogen-bond acceptors (Lipinski definition) is 2. The van der Waals surface area contributed by atoms with Gasteiger partial charge in [-0.3, -0.25) is 4.90 Å². The summed E-state index contributed by atoms with van der Waals surface area (Å²) in [6.45, 7) is 10.7. The molecule has 0 bridgehead atoms. The third kappa shape index (κ3) is 3.46. The molecule has 0 spiro atoms. The first-order chi connectivity index (χ1) is 7.72. The molecule has 0 aromatic carbocycles. The largest absolute Gasteiger partial charge is 0.312 e. The van der Waals surface area contributed by atoms with Crippen molar-refractivity contribution in [3.8, 4) is 0 Å². The van der Waals surface area contributed by atoms with Crippen molar-refractivity contribution in [2.45, 2.75) is 58.5 Å². The zero-order valence-corrected chi connectivity index (χ0v) is 11.2. The average Bonchev–Trinajstić information content (AvgIpc) is 3.10. The molecule has 1 atom stereocenters. The van der Waals surface area contributed by atoms with Gasteiger partial charge in [0.25, 0.3) is 0 Å². The van der Waals surface area contributed by atoms with Crippen LogP contribution in [0.4, 0.5) is 0 Å². The summed E-state index contributed by atoms with van der Waals surface area (Å²) in [4.78, 5) is 2.64. The van der Waals surface area contributed by atoms with Crippen LogP contribution in [-0.4, -0.2) is 36.6 Å². The molecule has 2 aliphatic rings. The fraction of sp³-hybridized carbons (Fsp3) is 1.00. The Labute approximate surface area is 101 Å². The van der Waals surface area contributed by atoms with Gasteiger partial charge in [-0.1, -0.05) is 20.8 Å². The van der Waals surface area contributed by atoms with Gasteiger partial charge >= 0.3 is 0 Å². The minimum Gasteiger partial charge on any atom is -0.312 e. The van der Waals surface area contributed by atoms with E-state index in [0.717, 1.165) is 23.9 Å². The van der Waals surface area contributed by atoms with E-state index in [-0.39, 0.29) is 0 Å². The third-order valence-corrected chi connectivity index (χ3v) is 4.10. The van der Waals surface area contributed by atoms with E-state index >= 15 is 0 Å². The first-order valence-corrected chi connectivity index (χ1v) is 7.19. The van der Waals surface area contributed by atoms with Crippen LogP contribution in [0, 0.1) is 11.8 Å². The normalized spacial score (nSPS) is 23.1. The van der Waals surface area contributed by atoms with Crippen LogP contribution in [0.3, 0.4) is 0 Å². The molecule has 2 fully saturated rings. The third-order valence-electron chi connectivity index (χ3n) is 4.10. The van der Waals surface area contributed by atoms with E-state index in [1.807, 2.05) is 0 Å². The van der Waals surface area contributed by atoms with Crippen molar-refractivity contribution in [2.24, 2.45) is 11.8 Å². The lowest BCUT2D eigenvalue weighted by atomic mass is 10.00. The number of nitrogens with zero attached hydrogens (tertiary/aromatic N) is 1. The molecule has 0 heterocycles. The van der Waals surface area contributed by atoms with Crippen molar-refractivity contribution in [3.63, 3.8) is 0 Å². The highest BCUT2D eigenvalue weighted by atomic mass is 15.2. The standard InChI is InChI=1S/C14H28N2/c1-4-16(13-7-8-13)10-9-15-14(11(2)3)12-5-6-12/h11-15H,4-10H2,1-3H3. The second-order valence-electron chi connectivity index (χ2n) is 5.92. The van der Waals surface area contributed by atoms with Gasteiger partial charge in [-0.2, -0.15) is 0 Å². The molecule has 0 aliphatic heterocycles. The molecule has 16 heavy (non-hydrogen) atoms. The second kappa shape index (κ2) is 5.50. The molecule has 2 nitrogen and oxygen atoms in total. The highest BCUT2D eigenvalue weighted by Gasteiger charge is 2.33. The lowest BCUT2D eigenvalue weighted by Gasteiger charge is -2.25. The molecule has 94 valence electrons. The monoisotopic (exact) mass is 224 g/mol. The molecule has 0 radical (unpaired) electrons. The van der Waals surface area contributed by atoms with Crippen LogP contribution in [0.2, 0.25) is 0 Å². The van der Waals surface area contributed by atoms with E-state index in [0.29, 0.717) is 0 Å². The topological polar surface area (TPSA) is 15.3 Å². The average molecular weight is 224 g/mol. The Kier molecular flexibility index (Phi) is 4.26. The molecule has 0 amide bonds. The second-order valence-corrected chi connectivity index (χ2v) is 5.92. The molecule has 2 heteroatoms. The van der Waals surface area contributed by atoms with Gasteiger partial charge in [0.2, 0.25) is 0 Å². The lowest BCUT2D eigenvalue weighted by Crippen LogP contribution is -2.41. The molecular weight excluding hydrogens is 196 g/mol. The van der Waals surface area contributed by atoms with Gasteiger partial charge < -0.3 is 5.32 Å². The molecular formula is C14H28N2. The minimum absolute atomic E-state index is 0.776. The molecule has 0 saturated heterocycles. The SMILES string of the molecule is CCN(CCNC(C(C)C)C1CC1)C1CC1. The van der Waals surface area contributed by atoms with Crippen LogP contribution in [0.25, 0.3) is 0 Å². The summed E-state index contributed by atoms with van der Waals surface area (Å²) < 4.78 is 0. The van der Waals surface area contributed by atoms with E-state index in [9.17, 15) is 0 Å². The summed E-state index contributed by atoms with van der Waals surface area (Å²) >= 11 is 0. The van der Waals surface area contributed by atoms with Crippen molar-refractivity contribution in [1.29, 1.82) is 0 Å². The summed E-state index contributed by atoms with van der Waals surface area (Å²) in [5.74, 6) is 1.78. The van der Waals surface area contributed by atoms with E-state index in [4.69, 9.17) is 0 Å². The van der Waals surface area contributed by atoms with Crippen molar-refractivity contribution in [3.05, 3.63) is 0 Å². The van der Waals surface area contributed by atoms with Gasteiger partial charge in [-0.25, -0.2) is 0 Å². The highest BCUT2D eigenvalue weighted by molar-refractivity contribution is 4.89. The fourth-order valence-electron chi connectivity index (χ4n) is 2.82. The number of likely N-dealkylation sites (N-methyl/N-ethyl adjacent to an activating group) is 1. The van der Waals surface area contributed by atoms with Crippen LogP contribution in [0.1, 0.15) is 46.5 Å². The van der Waals surface area contributed by atoms with E-state index < -0.39 is 0 Å². The molecule has 2 saturated carbocycles. The zero-order chi connectivity index (χ0) is 11.5. The summed E-state index contributed by atoms with van der Waals surface area (Å²) in [5, 5.41) is 3.79. The minimum atomic E-state index is 0.776. The van der Waals surface area contributed by atoms with Crippen molar-refractivity contribution >= 4 is 0 Å². The van der Waals surface area contributed by atoms with Crippen molar-refractivity contribution in [1.82, 2.24) is 10.2 Å². The van der Waals surface area contributed by atoms with E-state index in [1.54, 1.807) is 0 Å². The highest BCUT2D eigenvalue weighted by Crippen LogP contribution is 2.35. The van der Waals surface area contributed by atoms with Gasteiger partial charge in [0.15, 0.2) is 0 Å². The summed E-state index contributed by atoms with van der Waals surface area (Å²) in [6, 6.07) is 1.70. The van der Waals surface area contributed by atoms with Crippen LogP contribution in [-0.2, 0) is 0 Å². The first-order valence-electron chi connectivity index (χ1n) is 7.19. The smallest absolute Gasteiger partial charge is 0.0119 e. The van der Waals surface area contributed by atoms with Crippen LogP contribution in [0.5, 0.6) is 0 Å². The Bertz CT molecular complexity index is 205. The molecule has 2 rings (SSSR count). The number of hydrogen-bond donors (Lipinski definition) is 1. The predicted octanol–water partition coefficient (Wildman–Crippen LogP) is 2.49. The lowest BCUT2D eigenvalue weighted by molar-refractivity contribution is 0.260. The Morgan fingerprint density at radius 3 is 2.31 bits per heavy atom. The van der Waals surface area contributed by atoms with Crippen LogP contribution < -0.4 is 5.32 Å². The van der Waals surface area contributed by atoms with Gasteiger partial charge in [0.1, 0.15) is 0 Å². The van der Waals surface area contributed by atoms with Crippen molar-refractivity contribution in [2.75, 3.05) is 19.6 Å². The fourth-order valence-corrected chi connectivity index (χ4v) is 2.82. The van der Waals surface area contributed by atoms with E-state index in [1.165, 1.54) is 45.3 Å². The Hall–Kier alpha value is -0.0800. The van der Waals surface area contributed by atoms with Gasteiger partial charge in [-0.05, 0) is 44.1 Å². The summed E-state index contributed by atoms with van der Waals surface area (Å²) in [5.41, 5.74) is 0. The van der Waals surface area contributed by atoms with Gasteiger partial charge in [-0.15, -0.1) is 0 Å². The first kappa shape index (κ1) is 12.4. The Morgan fingerprint density at radius 2 is 1.88 bits per heavy atom. The number of rotatable bonds is 8. The molecule has 2 aliphatic carbocycles. The quantitative estimate of drug-likeness (QED) is 0.681. The molecule has 1 N–H and O–H groups in total. The van der Waals surface area contributed by atoms with E-state index in [2.05, 4.69) is 31.0 Å². The van der Waals surface area contributed by atoms with Crippen LogP contribution >= 0.6 is 0 Å². The molecule has 0 aromatic heterocycles. The van der Waals surface area contributed by atoms with Crippen LogP contribution in [0.15, 0.2) is 0 Å². The maximum Gasteiger partial charge on any atom is 0.0119 e. The Morgan fingerprint density at radius 1 is 1.19 bits per heavy atom. The Balaban J connectivity index is 1.64. The molecule has 0 aromatic rings. The number of nitrogens with one attached hydrogen (secondary N) is 1. The maximum atomic E-state index is 3.79. The van der Waals surface area contributed by atoms with Gasteiger partial charge in [0, 0.05) is 25.2 Å².